The number of esters is 1. The van der Waals surface area contributed by atoms with Crippen molar-refractivity contribution >= 4 is 28.6 Å². The Bertz CT molecular complexity index is 1080. The predicted octanol–water partition coefficient (Wildman–Crippen LogP) is 5.33. The van der Waals surface area contributed by atoms with E-state index in [2.05, 4.69) is 29.0 Å². The lowest BCUT2D eigenvalue weighted by molar-refractivity contribution is -0.144. The van der Waals surface area contributed by atoms with Crippen molar-refractivity contribution in [3.63, 3.8) is 0 Å². The first-order chi connectivity index (χ1) is 14.1. The lowest BCUT2D eigenvalue weighted by Crippen LogP contribution is -2.08. The number of rotatable bonds is 7. The first-order valence-corrected chi connectivity index (χ1v) is 10.9. The summed E-state index contributed by atoms with van der Waals surface area (Å²) in [6.45, 7) is 4.23. The SMILES string of the molecule is CC(C)c1ccc(-c2noc(COC(=O)Cc3csc(-c4cccs4)n3)n2)cc1. The molecule has 0 spiro atoms. The van der Waals surface area contributed by atoms with Gasteiger partial charge in [0.05, 0.1) is 17.0 Å². The standard InChI is InChI=1S/C21H19N3O3S2/c1-13(2)14-5-7-15(8-6-14)20-23-18(27-24-20)11-26-19(25)10-16-12-29-21(22-16)17-4-3-9-28-17/h3-9,12-13H,10-11H2,1-2H3. The number of thiophene rings is 1. The molecule has 4 rings (SSSR count). The monoisotopic (exact) mass is 425 g/mol. The van der Waals surface area contributed by atoms with Crippen LogP contribution in [-0.2, 0) is 22.6 Å². The molecule has 1 aromatic carbocycles. The van der Waals surface area contributed by atoms with Gasteiger partial charge in [0.25, 0.3) is 5.89 Å². The zero-order valence-corrected chi connectivity index (χ0v) is 17.6. The molecule has 0 unspecified atom stereocenters. The second kappa shape index (κ2) is 8.67. The molecule has 0 atom stereocenters. The highest BCUT2D eigenvalue weighted by Crippen LogP contribution is 2.28. The van der Waals surface area contributed by atoms with E-state index < -0.39 is 0 Å². The maximum atomic E-state index is 12.1. The Kier molecular flexibility index (Phi) is 5.82. The Morgan fingerprint density at radius 3 is 2.69 bits per heavy atom. The first kappa shape index (κ1) is 19.5. The number of hydrogen-bond acceptors (Lipinski definition) is 8. The number of carbonyl (C=O) groups is 1. The summed E-state index contributed by atoms with van der Waals surface area (Å²) in [6.07, 6.45) is 0.111. The van der Waals surface area contributed by atoms with Gasteiger partial charge >= 0.3 is 5.97 Å². The van der Waals surface area contributed by atoms with E-state index in [0.717, 1.165) is 15.4 Å². The van der Waals surface area contributed by atoms with Gasteiger partial charge in [0.15, 0.2) is 6.61 Å². The number of nitrogens with zero attached hydrogens (tertiary/aromatic N) is 3. The molecule has 3 aromatic heterocycles. The van der Waals surface area contributed by atoms with Gasteiger partial charge in [0.2, 0.25) is 5.82 Å². The smallest absolute Gasteiger partial charge is 0.312 e. The van der Waals surface area contributed by atoms with Crippen molar-refractivity contribution in [3.8, 4) is 21.3 Å². The molecule has 0 saturated carbocycles. The molecule has 4 aromatic rings. The molecule has 3 heterocycles. The molecule has 6 nitrogen and oxygen atoms in total. The van der Waals surface area contributed by atoms with E-state index in [1.54, 1.807) is 11.3 Å². The van der Waals surface area contributed by atoms with Crippen LogP contribution in [0.4, 0.5) is 0 Å². The fraction of sp³-hybridized carbons (Fsp3) is 0.238. The fourth-order valence-electron chi connectivity index (χ4n) is 2.69. The number of ether oxygens (including phenoxy) is 1. The molecule has 0 aliphatic carbocycles. The van der Waals surface area contributed by atoms with Crippen LogP contribution in [0.5, 0.6) is 0 Å². The van der Waals surface area contributed by atoms with E-state index in [9.17, 15) is 4.79 Å². The van der Waals surface area contributed by atoms with E-state index in [1.165, 1.54) is 16.9 Å². The van der Waals surface area contributed by atoms with Crippen LogP contribution >= 0.6 is 22.7 Å². The van der Waals surface area contributed by atoms with Gasteiger partial charge in [0, 0.05) is 10.9 Å². The third-order valence-electron chi connectivity index (χ3n) is 4.27. The highest BCUT2D eigenvalue weighted by Gasteiger charge is 2.14. The highest BCUT2D eigenvalue weighted by atomic mass is 32.1. The zero-order valence-electron chi connectivity index (χ0n) is 16.0. The second-order valence-electron chi connectivity index (χ2n) is 6.75. The zero-order chi connectivity index (χ0) is 20.2. The average Bonchev–Trinajstić information content (AvgIpc) is 3.47. The molecule has 8 heteroatoms. The number of hydrogen-bond donors (Lipinski definition) is 0. The van der Waals surface area contributed by atoms with Crippen LogP contribution in [0.25, 0.3) is 21.3 Å². The average molecular weight is 426 g/mol. The lowest BCUT2D eigenvalue weighted by Gasteiger charge is -2.04. The minimum atomic E-state index is -0.380. The van der Waals surface area contributed by atoms with Gasteiger partial charge in [-0.05, 0) is 22.9 Å². The van der Waals surface area contributed by atoms with Crippen molar-refractivity contribution < 1.29 is 14.1 Å². The van der Waals surface area contributed by atoms with Crippen molar-refractivity contribution in [1.82, 2.24) is 15.1 Å². The van der Waals surface area contributed by atoms with Gasteiger partial charge in [-0.15, -0.1) is 22.7 Å². The molecule has 148 valence electrons. The Hall–Kier alpha value is -2.84. The summed E-state index contributed by atoms with van der Waals surface area (Å²) in [7, 11) is 0. The molecule has 0 bridgehead atoms. The van der Waals surface area contributed by atoms with Crippen molar-refractivity contribution in [3.05, 3.63) is 64.3 Å². The maximum Gasteiger partial charge on any atom is 0.312 e. The van der Waals surface area contributed by atoms with E-state index in [-0.39, 0.29) is 24.9 Å². The summed E-state index contributed by atoms with van der Waals surface area (Å²) in [5.41, 5.74) is 2.80. The lowest BCUT2D eigenvalue weighted by atomic mass is 10.0. The van der Waals surface area contributed by atoms with Gasteiger partial charge in [-0.1, -0.05) is 49.3 Å². The number of benzene rings is 1. The molecule has 0 amide bonds. The van der Waals surface area contributed by atoms with E-state index in [0.29, 0.717) is 17.4 Å². The number of carbonyl (C=O) groups excluding carboxylic acids is 1. The van der Waals surface area contributed by atoms with Crippen LogP contribution in [0, 0.1) is 0 Å². The summed E-state index contributed by atoms with van der Waals surface area (Å²) in [4.78, 5) is 22.0. The molecule has 0 aliphatic heterocycles. The molecule has 0 N–H and O–H groups in total. The number of thiazole rings is 1. The van der Waals surface area contributed by atoms with Crippen molar-refractivity contribution in [2.45, 2.75) is 32.8 Å². The van der Waals surface area contributed by atoms with Gasteiger partial charge in [0.1, 0.15) is 5.01 Å². The van der Waals surface area contributed by atoms with Crippen LogP contribution in [0.15, 0.2) is 51.7 Å². The minimum Gasteiger partial charge on any atom is -0.455 e. The summed E-state index contributed by atoms with van der Waals surface area (Å²) >= 11 is 3.14. The first-order valence-electron chi connectivity index (χ1n) is 9.15. The highest BCUT2D eigenvalue weighted by molar-refractivity contribution is 7.20. The Balaban J connectivity index is 1.32. The third kappa shape index (κ3) is 4.78. The van der Waals surface area contributed by atoms with Gasteiger partial charge in [-0.3, -0.25) is 4.79 Å². The van der Waals surface area contributed by atoms with Crippen LogP contribution in [0.2, 0.25) is 0 Å². The minimum absolute atomic E-state index is 0.0577. The van der Waals surface area contributed by atoms with Crippen molar-refractivity contribution in [1.29, 1.82) is 0 Å². The van der Waals surface area contributed by atoms with E-state index >= 15 is 0 Å². The van der Waals surface area contributed by atoms with Crippen LogP contribution < -0.4 is 0 Å². The molecule has 0 fully saturated rings. The molecule has 0 radical (unpaired) electrons. The second-order valence-corrected chi connectivity index (χ2v) is 8.55. The maximum absolute atomic E-state index is 12.1. The normalized spacial score (nSPS) is 11.1. The van der Waals surface area contributed by atoms with E-state index in [1.807, 2.05) is 47.2 Å². The Morgan fingerprint density at radius 2 is 1.97 bits per heavy atom. The van der Waals surface area contributed by atoms with Crippen molar-refractivity contribution in [2.24, 2.45) is 0 Å². The topological polar surface area (TPSA) is 78.1 Å². The largest absolute Gasteiger partial charge is 0.455 e. The van der Waals surface area contributed by atoms with Crippen LogP contribution in [0.3, 0.4) is 0 Å². The van der Waals surface area contributed by atoms with Gasteiger partial charge in [-0.25, -0.2) is 4.98 Å². The number of aromatic nitrogens is 3. The van der Waals surface area contributed by atoms with Crippen LogP contribution in [0.1, 0.15) is 36.9 Å². The van der Waals surface area contributed by atoms with Crippen LogP contribution in [-0.4, -0.2) is 21.1 Å². The summed E-state index contributed by atoms with van der Waals surface area (Å²) < 4.78 is 10.5. The molecule has 0 aliphatic rings. The molecule has 0 saturated heterocycles. The Labute approximate surface area is 176 Å². The predicted molar refractivity (Wildman–Crippen MR) is 113 cm³/mol. The van der Waals surface area contributed by atoms with Gasteiger partial charge < -0.3 is 9.26 Å². The van der Waals surface area contributed by atoms with Crippen molar-refractivity contribution in [2.75, 3.05) is 0 Å². The van der Waals surface area contributed by atoms with Gasteiger partial charge in [-0.2, -0.15) is 4.98 Å². The summed E-state index contributed by atoms with van der Waals surface area (Å²) in [5.74, 6) is 0.822. The molecular formula is C21H19N3O3S2. The fourth-order valence-corrected chi connectivity index (χ4v) is 4.32. The summed E-state index contributed by atoms with van der Waals surface area (Å²) in [6, 6.07) is 12.0. The Morgan fingerprint density at radius 1 is 1.14 bits per heavy atom. The summed E-state index contributed by atoms with van der Waals surface area (Å²) in [5, 5.41) is 8.76. The quantitative estimate of drug-likeness (QED) is 0.372. The molecule has 29 heavy (non-hydrogen) atoms. The third-order valence-corrected chi connectivity index (χ3v) is 6.20. The van der Waals surface area contributed by atoms with E-state index in [4.69, 9.17) is 9.26 Å². The molecular weight excluding hydrogens is 406 g/mol.